The van der Waals surface area contributed by atoms with Gasteiger partial charge in [-0.2, -0.15) is 0 Å². The molecule has 0 spiro atoms. The average Bonchev–Trinajstić information content (AvgIpc) is 1.36. The van der Waals surface area contributed by atoms with Gasteiger partial charge in [0.2, 0.25) is 0 Å². The molecule has 0 aliphatic rings. The molecule has 0 aliphatic heterocycles. The molecule has 2 atom stereocenters. The molecule has 0 bridgehead atoms. The Morgan fingerprint density at radius 2 is 1.67 bits per heavy atom. The summed E-state index contributed by atoms with van der Waals surface area (Å²) in [6.07, 6.45) is 0. The van der Waals surface area contributed by atoms with E-state index in [0.29, 0.717) is 4.83 Å². The van der Waals surface area contributed by atoms with Crippen molar-refractivity contribution in [1.82, 2.24) is 0 Å². The van der Waals surface area contributed by atoms with Crippen LogP contribution in [0.1, 0.15) is 13.8 Å². The molecule has 0 aromatic heterocycles. The topological polar surface area (TPSA) is 0 Å². The minimum Gasteiger partial charge on any atom is -0.122 e. The first-order chi connectivity index (χ1) is 2.64. The predicted molar refractivity (Wildman–Crippen MR) is 33.7 cm³/mol. The van der Waals surface area contributed by atoms with Gasteiger partial charge >= 0.3 is 0 Å². The fourth-order valence-corrected chi connectivity index (χ4v) is 0. The van der Waals surface area contributed by atoms with Crippen LogP contribution in [-0.4, -0.2) is 10.2 Å². The van der Waals surface area contributed by atoms with Gasteiger partial charge in [-0.25, -0.2) is 0 Å². The molecular formula is C4H8BrCl. The normalized spacial score (nSPS) is 20.0. The molecule has 6 heavy (non-hydrogen) atoms. The van der Waals surface area contributed by atoms with Crippen molar-refractivity contribution >= 4 is 27.5 Å². The van der Waals surface area contributed by atoms with Crippen LogP contribution < -0.4 is 0 Å². The average molecular weight is 171 g/mol. The summed E-state index contributed by atoms with van der Waals surface area (Å²) in [5.74, 6) is 0. The van der Waals surface area contributed by atoms with Gasteiger partial charge < -0.3 is 0 Å². The molecule has 2 unspecified atom stereocenters. The van der Waals surface area contributed by atoms with Crippen LogP contribution >= 0.6 is 27.5 Å². The zero-order chi connectivity index (χ0) is 5.15. The van der Waals surface area contributed by atoms with Crippen LogP contribution in [0.15, 0.2) is 0 Å². The highest BCUT2D eigenvalue weighted by Crippen LogP contribution is 2.08. The van der Waals surface area contributed by atoms with Crippen LogP contribution in [0.2, 0.25) is 0 Å². The Bertz CT molecular complexity index is 28.5. The van der Waals surface area contributed by atoms with Gasteiger partial charge in [0.05, 0.1) is 0 Å². The molecule has 0 radical (unpaired) electrons. The van der Waals surface area contributed by atoms with E-state index in [2.05, 4.69) is 15.9 Å². The van der Waals surface area contributed by atoms with Crippen molar-refractivity contribution in [1.29, 1.82) is 0 Å². The Labute approximate surface area is 52.0 Å². The maximum Gasteiger partial charge on any atom is 0.0430 e. The van der Waals surface area contributed by atoms with E-state index in [1.807, 2.05) is 13.8 Å². The third-order valence-corrected chi connectivity index (χ3v) is 2.11. The van der Waals surface area contributed by atoms with E-state index in [9.17, 15) is 0 Å². The summed E-state index contributed by atoms with van der Waals surface area (Å²) in [5, 5.41) is 0.241. The highest BCUT2D eigenvalue weighted by molar-refractivity contribution is 9.09. The van der Waals surface area contributed by atoms with E-state index in [1.54, 1.807) is 0 Å². The standard InChI is InChI=1S/C4H8BrCl/c1-3(5)4(2)6/h3-4H,1-2H3. The maximum atomic E-state index is 5.57. The number of hydrogen-bond donors (Lipinski definition) is 0. The van der Waals surface area contributed by atoms with E-state index in [0.717, 1.165) is 0 Å². The van der Waals surface area contributed by atoms with Crippen molar-refractivity contribution in [2.24, 2.45) is 0 Å². The molecule has 0 amide bonds. The van der Waals surface area contributed by atoms with Crippen LogP contribution in [-0.2, 0) is 0 Å². The number of alkyl halides is 2. The lowest BCUT2D eigenvalue weighted by molar-refractivity contribution is 0.931. The first-order valence-electron chi connectivity index (χ1n) is 1.92. The summed E-state index contributed by atoms with van der Waals surface area (Å²) in [7, 11) is 0. The zero-order valence-electron chi connectivity index (χ0n) is 3.91. The molecule has 0 saturated carbocycles. The van der Waals surface area contributed by atoms with Gasteiger partial charge in [0.15, 0.2) is 0 Å². The highest BCUT2D eigenvalue weighted by Gasteiger charge is 2.00. The van der Waals surface area contributed by atoms with Crippen molar-refractivity contribution in [3.63, 3.8) is 0 Å². The summed E-state index contributed by atoms with van der Waals surface area (Å²) in [4.78, 5) is 0.430. The minimum absolute atomic E-state index is 0.241. The molecule has 38 valence electrons. The second-order valence-corrected chi connectivity index (χ2v) is 3.49. The van der Waals surface area contributed by atoms with Crippen molar-refractivity contribution in [3.05, 3.63) is 0 Å². The van der Waals surface area contributed by atoms with Crippen LogP contribution in [0.5, 0.6) is 0 Å². The predicted octanol–water partition coefficient (Wildman–Crippen LogP) is 2.40. The lowest BCUT2D eigenvalue weighted by Crippen LogP contribution is -2.02. The van der Waals surface area contributed by atoms with E-state index < -0.39 is 0 Å². The quantitative estimate of drug-likeness (QED) is 0.532. The summed E-state index contributed by atoms with van der Waals surface area (Å²) >= 11 is 8.87. The second kappa shape index (κ2) is 2.86. The first-order valence-corrected chi connectivity index (χ1v) is 3.28. The van der Waals surface area contributed by atoms with Crippen molar-refractivity contribution in [2.45, 2.75) is 24.1 Å². The molecule has 0 aromatic rings. The summed E-state index contributed by atoms with van der Waals surface area (Å²) < 4.78 is 0. The molecule has 0 nitrogen and oxygen atoms in total. The number of rotatable bonds is 1. The monoisotopic (exact) mass is 170 g/mol. The van der Waals surface area contributed by atoms with E-state index in [4.69, 9.17) is 11.6 Å². The SMILES string of the molecule is CC(Cl)C(C)Br. The van der Waals surface area contributed by atoms with E-state index in [1.165, 1.54) is 0 Å². The van der Waals surface area contributed by atoms with E-state index >= 15 is 0 Å². The molecule has 0 fully saturated rings. The van der Waals surface area contributed by atoms with Crippen molar-refractivity contribution in [3.8, 4) is 0 Å². The smallest absolute Gasteiger partial charge is 0.0430 e. The van der Waals surface area contributed by atoms with Crippen LogP contribution in [0.25, 0.3) is 0 Å². The highest BCUT2D eigenvalue weighted by atomic mass is 79.9. The van der Waals surface area contributed by atoms with E-state index in [-0.39, 0.29) is 5.38 Å². The van der Waals surface area contributed by atoms with Gasteiger partial charge in [-0.15, -0.1) is 11.6 Å². The van der Waals surface area contributed by atoms with Crippen molar-refractivity contribution < 1.29 is 0 Å². The van der Waals surface area contributed by atoms with Gasteiger partial charge in [0.25, 0.3) is 0 Å². The fraction of sp³-hybridized carbons (Fsp3) is 1.00. The van der Waals surface area contributed by atoms with Gasteiger partial charge in [-0.1, -0.05) is 22.9 Å². The number of halogens is 2. The summed E-state index contributed by atoms with van der Waals surface area (Å²) in [6.45, 7) is 3.98. The summed E-state index contributed by atoms with van der Waals surface area (Å²) in [6, 6.07) is 0. The van der Waals surface area contributed by atoms with Crippen LogP contribution in [0.4, 0.5) is 0 Å². The third-order valence-electron chi connectivity index (χ3n) is 0.633. The second-order valence-electron chi connectivity index (χ2n) is 1.36. The lowest BCUT2D eigenvalue weighted by atomic mass is 10.4. The Hall–Kier alpha value is 0.770. The molecule has 0 saturated heterocycles. The maximum absolute atomic E-state index is 5.57. The molecular weight excluding hydrogens is 163 g/mol. The van der Waals surface area contributed by atoms with Gasteiger partial charge in [0.1, 0.15) is 0 Å². The lowest BCUT2D eigenvalue weighted by Gasteiger charge is -2.00. The van der Waals surface area contributed by atoms with Crippen LogP contribution in [0.3, 0.4) is 0 Å². The van der Waals surface area contributed by atoms with Gasteiger partial charge in [0, 0.05) is 10.2 Å². The zero-order valence-corrected chi connectivity index (χ0v) is 6.25. The Morgan fingerprint density at radius 1 is 1.50 bits per heavy atom. The van der Waals surface area contributed by atoms with Crippen LogP contribution in [0, 0.1) is 0 Å². The molecule has 0 N–H and O–H groups in total. The third kappa shape index (κ3) is 2.98. The molecule has 0 rings (SSSR count). The molecule has 2 heteroatoms. The van der Waals surface area contributed by atoms with Gasteiger partial charge in [-0.3, -0.25) is 0 Å². The Balaban J connectivity index is 2.99. The minimum atomic E-state index is 0.241. The summed E-state index contributed by atoms with van der Waals surface area (Å²) in [5.41, 5.74) is 0. The number of hydrogen-bond acceptors (Lipinski definition) is 0. The molecule has 0 heterocycles. The van der Waals surface area contributed by atoms with Gasteiger partial charge in [-0.05, 0) is 6.92 Å². The largest absolute Gasteiger partial charge is 0.122 e. The fourth-order valence-electron chi connectivity index (χ4n) is 0. The van der Waals surface area contributed by atoms with Crippen molar-refractivity contribution in [2.75, 3.05) is 0 Å². The molecule has 0 aliphatic carbocycles. The Morgan fingerprint density at radius 3 is 1.67 bits per heavy atom. The Kier molecular flexibility index (Phi) is 3.23. The molecule has 0 aromatic carbocycles. The first kappa shape index (κ1) is 6.77.